The minimum absolute atomic E-state index is 0.378. The first-order valence-electron chi connectivity index (χ1n) is 5.95. The topological polar surface area (TPSA) is 72.9 Å². The summed E-state index contributed by atoms with van der Waals surface area (Å²) in [5.41, 5.74) is 5.85. The van der Waals surface area contributed by atoms with Crippen LogP contribution in [-0.4, -0.2) is 39.3 Å². The summed E-state index contributed by atoms with van der Waals surface area (Å²) in [4.78, 5) is 2.24. The zero-order valence-electron chi connectivity index (χ0n) is 10.0. The molecule has 0 aromatic carbocycles. The number of anilines is 1. The Kier molecular flexibility index (Phi) is 3.38. The van der Waals surface area contributed by atoms with E-state index < -0.39 is 0 Å². The molecule has 0 bridgehead atoms. The number of aromatic nitrogens is 4. The number of rotatable bonds is 3. The van der Waals surface area contributed by atoms with Crippen LogP contribution < -0.4 is 10.6 Å². The summed E-state index contributed by atoms with van der Waals surface area (Å²) in [6.45, 7) is 3.93. The monoisotopic (exact) mass is 224 g/mol. The predicted octanol–water partition coefficient (Wildman–Crippen LogP) is 0.164. The van der Waals surface area contributed by atoms with Crippen LogP contribution >= 0.6 is 0 Å². The van der Waals surface area contributed by atoms with Gasteiger partial charge in [0.15, 0.2) is 0 Å². The average Bonchev–Trinajstić information content (AvgIpc) is 2.74. The molecular weight excluding hydrogens is 204 g/mol. The van der Waals surface area contributed by atoms with Gasteiger partial charge in [0, 0.05) is 26.2 Å². The van der Waals surface area contributed by atoms with Gasteiger partial charge in [0.1, 0.15) is 0 Å². The molecule has 6 heteroatoms. The van der Waals surface area contributed by atoms with Gasteiger partial charge in [-0.15, -0.1) is 0 Å². The molecule has 90 valence electrons. The van der Waals surface area contributed by atoms with Gasteiger partial charge in [-0.25, -0.2) is 4.68 Å². The quantitative estimate of drug-likeness (QED) is 0.792. The van der Waals surface area contributed by atoms with Crippen molar-refractivity contribution in [1.29, 1.82) is 0 Å². The van der Waals surface area contributed by atoms with E-state index in [0.29, 0.717) is 12.6 Å². The van der Waals surface area contributed by atoms with Crippen LogP contribution in [-0.2, 0) is 7.05 Å². The molecular formula is C10H20N6. The van der Waals surface area contributed by atoms with E-state index >= 15 is 0 Å². The van der Waals surface area contributed by atoms with Gasteiger partial charge in [-0.3, -0.25) is 0 Å². The fourth-order valence-electron chi connectivity index (χ4n) is 2.46. The highest BCUT2D eigenvalue weighted by Gasteiger charge is 2.29. The lowest BCUT2D eigenvalue weighted by molar-refractivity contribution is 0.330. The molecule has 0 amide bonds. The van der Waals surface area contributed by atoms with Crippen molar-refractivity contribution in [3.63, 3.8) is 0 Å². The Labute approximate surface area is 95.8 Å². The third-order valence-corrected chi connectivity index (χ3v) is 3.53. The fourth-order valence-corrected chi connectivity index (χ4v) is 2.46. The maximum atomic E-state index is 5.85. The van der Waals surface area contributed by atoms with Crippen molar-refractivity contribution >= 4 is 5.95 Å². The van der Waals surface area contributed by atoms with Crippen molar-refractivity contribution < 1.29 is 0 Å². The second kappa shape index (κ2) is 4.78. The van der Waals surface area contributed by atoms with E-state index in [1.165, 1.54) is 12.8 Å². The van der Waals surface area contributed by atoms with Gasteiger partial charge in [-0.2, -0.15) is 0 Å². The van der Waals surface area contributed by atoms with Crippen molar-refractivity contribution in [2.24, 2.45) is 18.7 Å². The maximum Gasteiger partial charge on any atom is 0.245 e. The summed E-state index contributed by atoms with van der Waals surface area (Å²) in [6.07, 6.45) is 3.60. The summed E-state index contributed by atoms with van der Waals surface area (Å²) < 4.78 is 1.72. The van der Waals surface area contributed by atoms with Crippen LogP contribution in [0.3, 0.4) is 0 Å². The Morgan fingerprint density at radius 3 is 2.88 bits per heavy atom. The molecule has 0 spiro atoms. The van der Waals surface area contributed by atoms with Gasteiger partial charge < -0.3 is 10.6 Å². The summed E-state index contributed by atoms with van der Waals surface area (Å²) >= 11 is 0. The number of piperidine rings is 1. The van der Waals surface area contributed by atoms with E-state index in [4.69, 9.17) is 5.73 Å². The molecule has 1 saturated heterocycles. The van der Waals surface area contributed by atoms with Crippen molar-refractivity contribution in [2.75, 3.05) is 18.0 Å². The molecule has 2 atom stereocenters. The highest BCUT2D eigenvalue weighted by atomic mass is 15.6. The lowest BCUT2D eigenvalue weighted by Crippen LogP contribution is -2.47. The summed E-state index contributed by atoms with van der Waals surface area (Å²) in [7, 11) is 1.87. The Bertz CT molecular complexity index is 336. The number of aryl methyl sites for hydroxylation is 1. The van der Waals surface area contributed by atoms with E-state index in [2.05, 4.69) is 27.3 Å². The van der Waals surface area contributed by atoms with Gasteiger partial charge in [0.05, 0.1) is 0 Å². The van der Waals surface area contributed by atoms with Gasteiger partial charge in [0.2, 0.25) is 5.95 Å². The molecule has 2 rings (SSSR count). The Morgan fingerprint density at radius 1 is 1.50 bits per heavy atom. The Morgan fingerprint density at radius 2 is 2.31 bits per heavy atom. The predicted molar refractivity (Wildman–Crippen MR) is 62.0 cm³/mol. The van der Waals surface area contributed by atoms with Gasteiger partial charge in [-0.05, 0) is 29.2 Å². The number of tetrazole rings is 1. The van der Waals surface area contributed by atoms with E-state index in [1.54, 1.807) is 4.68 Å². The van der Waals surface area contributed by atoms with Crippen molar-refractivity contribution in [2.45, 2.75) is 32.2 Å². The zero-order chi connectivity index (χ0) is 11.5. The highest BCUT2D eigenvalue weighted by molar-refractivity contribution is 5.31. The third-order valence-electron chi connectivity index (χ3n) is 3.53. The molecule has 0 aliphatic carbocycles. The van der Waals surface area contributed by atoms with Crippen LogP contribution in [0.15, 0.2) is 0 Å². The molecule has 1 fully saturated rings. The van der Waals surface area contributed by atoms with E-state index in [-0.39, 0.29) is 0 Å². The Hall–Kier alpha value is -1.17. The highest BCUT2D eigenvalue weighted by Crippen LogP contribution is 2.27. The summed E-state index contributed by atoms with van der Waals surface area (Å²) in [5, 5.41) is 11.6. The number of nitrogens with two attached hydrogens (primary N) is 1. The second-order valence-corrected chi connectivity index (χ2v) is 4.48. The molecule has 1 aliphatic heterocycles. The third kappa shape index (κ3) is 2.02. The van der Waals surface area contributed by atoms with Crippen molar-refractivity contribution in [1.82, 2.24) is 20.2 Å². The first-order chi connectivity index (χ1) is 7.76. The smallest absolute Gasteiger partial charge is 0.245 e. The fraction of sp³-hybridized carbons (Fsp3) is 0.900. The van der Waals surface area contributed by atoms with Crippen LogP contribution in [0.5, 0.6) is 0 Å². The molecule has 2 heterocycles. The molecule has 1 aromatic heterocycles. The molecule has 16 heavy (non-hydrogen) atoms. The SMILES string of the molecule is CCC1CCN(c2nnnn2C)C(CN)C1. The van der Waals surface area contributed by atoms with E-state index in [9.17, 15) is 0 Å². The minimum Gasteiger partial charge on any atom is -0.335 e. The number of hydrogen-bond donors (Lipinski definition) is 1. The Balaban J connectivity index is 2.13. The average molecular weight is 224 g/mol. The largest absolute Gasteiger partial charge is 0.335 e. The van der Waals surface area contributed by atoms with Gasteiger partial charge in [-0.1, -0.05) is 18.4 Å². The molecule has 1 aromatic rings. The summed E-state index contributed by atoms with van der Waals surface area (Å²) in [6, 6.07) is 0.378. The minimum atomic E-state index is 0.378. The molecule has 1 aliphatic rings. The molecule has 6 nitrogen and oxygen atoms in total. The molecule has 0 saturated carbocycles. The van der Waals surface area contributed by atoms with Crippen LogP contribution in [0.25, 0.3) is 0 Å². The first kappa shape index (κ1) is 11.3. The molecule has 2 unspecified atom stereocenters. The number of nitrogens with zero attached hydrogens (tertiary/aromatic N) is 5. The molecule has 2 N–H and O–H groups in total. The van der Waals surface area contributed by atoms with Gasteiger partial charge >= 0.3 is 0 Å². The van der Waals surface area contributed by atoms with Crippen LogP contribution in [0.2, 0.25) is 0 Å². The van der Waals surface area contributed by atoms with Crippen LogP contribution in [0, 0.1) is 5.92 Å². The maximum absolute atomic E-state index is 5.85. The van der Waals surface area contributed by atoms with Crippen molar-refractivity contribution in [3.05, 3.63) is 0 Å². The number of hydrogen-bond acceptors (Lipinski definition) is 5. The van der Waals surface area contributed by atoms with E-state index in [1.807, 2.05) is 7.05 Å². The van der Waals surface area contributed by atoms with Crippen LogP contribution in [0.4, 0.5) is 5.95 Å². The normalized spacial score (nSPS) is 26.1. The lowest BCUT2D eigenvalue weighted by atomic mass is 9.89. The van der Waals surface area contributed by atoms with Crippen LogP contribution in [0.1, 0.15) is 26.2 Å². The van der Waals surface area contributed by atoms with Crippen molar-refractivity contribution in [3.8, 4) is 0 Å². The zero-order valence-corrected chi connectivity index (χ0v) is 10.0. The van der Waals surface area contributed by atoms with Gasteiger partial charge in [0.25, 0.3) is 0 Å². The lowest BCUT2D eigenvalue weighted by Gasteiger charge is -2.38. The summed E-state index contributed by atoms with van der Waals surface area (Å²) in [5.74, 6) is 1.64. The van der Waals surface area contributed by atoms with E-state index in [0.717, 1.165) is 24.8 Å². The standard InChI is InChI=1S/C10H20N6/c1-3-8-4-5-16(9(6-8)7-11)10-12-13-14-15(10)2/h8-9H,3-7,11H2,1-2H3. The first-order valence-corrected chi connectivity index (χ1v) is 5.95. The molecule has 0 radical (unpaired) electrons. The second-order valence-electron chi connectivity index (χ2n) is 4.48.